The second-order valence-corrected chi connectivity index (χ2v) is 8.50. The molecule has 23 heavy (non-hydrogen) atoms. The first kappa shape index (κ1) is 17.9. The van der Waals surface area contributed by atoms with Crippen molar-refractivity contribution in [2.24, 2.45) is 0 Å². The molecule has 1 fully saturated rings. The number of carbonyl (C=O) groups is 1. The summed E-state index contributed by atoms with van der Waals surface area (Å²) in [5.74, 6) is -0.856. The second kappa shape index (κ2) is 7.01. The van der Waals surface area contributed by atoms with Gasteiger partial charge in [0.15, 0.2) is 9.84 Å². The molecule has 2 rings (SSSR count). The van der Waals surface area contributed by atoms with Gasteiger partial charge in [-0.25, -0.2) is 8.42 Å². The second-order valence-electron chi connectivity index (χ2n) is 6.43. The van der Waals surface area contributed by atoms with Gasteiger partial charge in [-0.1, -0.05) is 17.7 Å². The molecule has 128 valence electrons. The van der Waals surface area contributed by atoms with E-state index in [0.29, 0.717) is 19.7 Å². The molecular formula is C17H25NO4S. The van der Waals surface area contributed by atoms with Crippen LogP contribution in [0.2, 0.25) is 0 Å². The fourth-order valence-electron chi connectivity index (χ4n) is 3.03. The van der Waals surface area contributed by atoms with E-state index in [2.05, 4.69) is 0 Å². The molecule has 0 spiro atoms. The number of carbonyl (C=O) groups excluding carboxylic acids is 1. The Morgan fingerprint density at radius 3 is 2.43 bits per heavy atom. The maximum absolute atomic E-state index is 12.4. The molecule has 5 nitrogen and oxygen atoms in total. The number of benzene rings is 1. The topological polar surface area (TPSA) is 63.7 Å². The molecule has 1 heterocycles. The summed E-state index contributed by atoms with van der Waals surface area (Å²) in [6, 6.07) is 3.95. The summed E-state index contributed by atoms with van der Waals surface area (Å²) < 4.78 is 30.3. The van der Waals surface area contributed by atoms with E-state index in [9.17, 15) is 13.2 Å². The van der Waals surface area contributed by atoms with Crippen LogP contribution in [-0.2, 0) is 25.1 Å². The van der Waals surface area contributed by atoms with Crippen LogP contribution >= 0.6 is 0 Å². The van der Waals surface area contributed by atoms with Crippen molar-refractivity contribution in [3.05, 3.63) is 34.4 Å². The van der Waals surface area contributed by atoms with E-state index in [0.717, 1.165) is 22.3 Å². The molecule has 1 saturated heterocycles. The van der Waals surface area contributed by atoms with Crippen LogP contribution in [0, 0.1) is 20.8 Å². The van der Waals surface area contributed by atoms with Gasteiger partial charge in [0, 0.05) is 13.1 Å². The average Bonchev–Trinajstić information content (AvgIpc) is 2.42. The van der Waals surface area contributed by atoms with E-state index in [1.807, 2.05) is 39.8 Å². The minimum Gasteiger partial charge on any atom is -0.375 e. The van der Waals surface area contributed by atoms with Gasteiger partial charge in [0.2, 0.25) is 5.91 Å². The predicted molar refractivity (Wildman–Crippen MR) is 90.1 cm³/mol. The smallest absolute Gasteiger partial charge is 0.237 e. The highest BCUT2D eigenvalue weighted by molar-refractivity contribution is 7.91. The third-order valence-corrected chi connectivity index (χ3v) is 5.56. The standard InChI is InChI=1S/C17H25NO4S/c1-12-7-13(2)16(14(3)8-12)10-23(20,21)11-17(19)18-5-6-22-15(4)9-18/h7-8,15H,5-6,9-11H2,1-4H3. The van der Waals surface area contributed by atoms with Gasteiger partial charge in [-0.05, 0) is 44.4 Å². The Bertz CT molecular complexity index is 674. The highest BCUT2D eigenvalue weighted by atomic mass is 32.2. The Labute approximate surface area is 138 Å². The average molecular weight is 339 g/mol. The zero-order valence-electron chi connectivity index (χ0n) is 14.3. The van der Waals surface area contributed by atoms with E-state index < -0.39 is 15.6 Å². The molecule has 1 aliphatic heterocycles. The zero-order chi connectivity index (χ0) is 17.2. The van der Waals surface area contributed by atoms with E-state index >= 15 is 0 Å². The fourth-order valence-corrected chi connectivity index (χ4v) is 4.59. The summed E-state index contributed by atoms with van der Waals surface area (Å²) in [4.78, 5) is 13.8. The molecule has 0 aliphatic carbocycles. The fraction of sp³-hybridized carbons (Fsp3) is 0.588. The van der Waals surface area contributed by atoms with Crippen LogP contribution in [-0.4, -0.2) is 50.8 Å². The minimum atomic E-state index is -3.49. The van der Waals surface area contributed by atoms with Crippen molar-refractivity contribution < 1.29 is 17.9 Å². The molecule has 0 radical (unpaired) electrons. The SMILES string of the molecule is Cc1cc(C)c(CS(=O)(=O)CC(=O)N2CCOC(C)C2)c(C)c1. The highest BCUT2D eigenvalue weighted by Crippen LogP contribution is 2.19. The van der Waals surface area contributed by atoms with Gasteiger partial charge in [-0.3, -0.25) is 4.79 Å². The van der Waals surface area contributed by atoms with Crippen LogP contribution in [0.5, 0.6) is 0 Å². The number of morpholine rings is 1. The van der Waals surface area contributed by atoms with Crippen molar-refractivity contribution in [3.63, 3.8) is 0 Å². The monoisotopic (exact) mass is 339 g/mol. The van der Waals surface area contributed by atoms with Crippen molar-refractivity contribution in [2.45, 2.75) is 39.6 Å². The Kier molecular flexibility index (Phi) is 5.47. The summed E-state index contributed by atoms with van der Waals surface area (Å²) in [7, 11) is -3.49. The van der Waals surface area contributed by atoms with E-state index in [-0.39, 0.29) is 17.8 Å². The number of hydrogen-bond acceptors (Lipinski definition) is 4. The third kappa shape index (κ3) is 4.78. The molecular weight excluding hydrogens is 314 g/mol. The van der Waals surface area contributed by atoms with Crippen LogP contribution in [0.25, 0.3) is 0 Å². The lowest BCUT2D eigenvalue weighted by Crippen LogP contribution is -2.46. The zero-order valence-corrected chi connectivity index (χ0v) is 15.1. The number of nitrogens with zero attached hydrogens (tertiary/aromatic N) is 1. The van der Waals surface area contributed by atoms with E-state index in [4.69, 9.17) is 4.74 Å². The normalized spacial score (nSPS) is 19.0. The predicted octanol–water partition coefficient (Wildman–Crippen LogP) is 1.77. The maximum Gasteiger partial charge on any atom is 0.237 e. The van der Waals surface area contributed by atoms with Crippen molar-refractivity contribution in [1.82, 2.24) is 4.90 Å². The van der Waals surface area contributed by atoms with Crippen molar-refractivity contribution in [3.8, 4) is 0 Å². The van der Waals surface area contributed by atoms with Gasteiger partial charge in [0.1, 0.15) is 5.75 Å². The van der Waals surface area contributed by atoms with Gasteiger partial charge in [0.05, 0.1) is 18.5 Å². The number of ether oxygens (including phenoxy) is 1. The van der Waals surface area contributed by atoms with Gasteiger partial charge in [-0.2, -0.15) is 0 Å². The summed E-state index contributed by atoms with van der Waals surface area (Å²) in [6.07, 6.45) is -0.0445. The number of aryl methyl sites for hydroxylation is 3. The van der Waals surface area contributed by atoms with Gasteiger partial charge >= 0.3 is 0 Å². The Morgan fingerprint density at radius 1 is 1.26 bits per heavy atom. The van der Waals surface area contributed by atoms with Crippen LogP contribution in [0.4, 0.5) is 0 Å². The first-order valence-corrected chi connectivity index (χ1v) is 9.66. The lowest BCUT2D eigenvalue weighted by Gasteiger charge is -2.31. The molecule has 1 atom stereocenters. The third-order valence-electron chi connectivity index (χ3n) is 4.14. The molecule has 0 saturated carbocycles. The summed E-state index contributed by atoms with van der Waals surface area (Å²) in [5.41, 5.74) is 3.83. The van der Waals surface area contributed by atoms with Crippen LogP contribution in [0.1, 0.15) is 29.2 Å². The molecule has 0 N–H and O–H groups in total. The first-order chi connectivity index (χ1) is 10.7. The largest absolute Gasteiger partial charge is 0.375 e. The van der Waals surface area contributed by atoms with Crippen molar-refractivity contribution >= 4 is 15.7 Å². The van der Waals surface area contributed by atoms with Gasteiger partial charge in [-0.15, -0.1) is 0 Å². The Morgan fingerprint density at radius 2 is 1.87 bits per heavy atom. The highest BCUT2D eigenvalue weighted by Gasteiger charge is 2.26. The van der Waals surface area contributed by atoms with Crippen molar-refractivity contribution in [1.29, 1.82) is 0 Å². The molecule has 1 amide bonds. The molecule has 1 aromatic rings. The number of rotatable bonds is 4. The van der Waals surface area contributed by atoms with Crippen molar-refractivity contribution in [2.75, 3.05) is 25.4 Å². The quantitative estimate of drug-likeness (QED) is 0.839. The molecule has 1 aromatic carbocycles. The summed E-state index contributed by atoms with van der Waals surface area (Å²) >= 11 is 0. The Hall–Kier alpha value is -1.40. The lowest BCUT2D eigenvalue weighted by atomic mass is 10.0. The van der Waals surface area contributed by atoms with Gasteiger partial charge in [0.25, 0.3) is 0 Å². The van der Waals surface area contributed by atoms with Crippen LogP contribution in [0.15, 0.2) is 12.1 Å². The van der Waals surface area contributed by atoms with E-state index in [1.54, 1.807) is 4.90 Å². The molecule has 6 heteroatoms. The molecule has 1 aliphatic rings. The minimum absolute atomic E-state index is 0.0445. The maximum atomic E-state index is 12.4. The summed E-state index contributed by atoms with van der Waals surface area (Å²) in [6.45, 7) is 9.07. The Balaban J connectivity index is 2.09. The molecule has 0 bridgehead atoms. The molecule has 1 unspecified atom stereocenters. The number of sulfone groups is 1. The van der Waals surface area contributed by atoms with Crippen LogP contribution < -0.4 is 0 Å². The molecule has 0 aromatic heterocycles. The number of hydrogen-bond donors (Lipinski definition) is 0. The van der Waals surface area contributed by atoms with Crippen LogP contribution in [0.3, 0.4) is 0 Å². The number of amides is 1. The lowest BCUT2D eigenvalue weighted by molar-refractivity contribution is -0.135. The van der Waals surface area contributed by atoms with Gasteiger partial charge < -0.3 is 9.64 Å². The summed E-state index contributed by atoms with van der Waals surface area (Å²) in [5, 5.41) is 0. The first-order valence-electron chi connectivity index (χ1n) is 7.84. The van der Waals surface area contributed by atoms with E-state index in [1.165, 1.54) is 0 Å².